The van der Waals surface area contributed by atoms with E-state index in [0.717, 1.165) is 18.7 Å². The monoisotopic (exact) mass is 268 g/mol. The Morgan fingerprint density at radius 1 is 1.61 bits per heavy atom. The number of hydrogen-bond acceptors (Lipinski definition) is 3. The van der Waals surface area contributed by atoms with Crippen LogP contribution >= 0.6 is 11.8 Å². The van der Waals surface area contributed by atoms with Crippen LogP contribution in [0, 0.1) is 5.82 Å². The van der Waals surface area contributed by atoms with Crippen LogP contribution in [0.1, 0.15) is 23.7 Å². The van der Waals surface area contributed by atoms with E-state index >= 15 is 0 Å². The fraction of sp³-hybridized carbons (Fsp3) is 0.462. The van der Waals surface area contributed by atoms with Crippen molar-refractivity contribution in [2.45, 2.75) is 18.6 Å². The molecule has 1 heterocycles. The topological polar surface area (TPSA) is 46.3 Å². The minimum absolute atomic E-state index is 0.161. The number of nitrogens with zero attached hydrogens (tertiary/aromatic N) is 1. The molecule has 98 valence electrons. The molecule has 1 aliphatic heterocycles. The van der Waals surface area contributed by atoms with Crippen molar-refractivity contribution in [1.82, 2.24) is 4.90 Å². The number of carbonyl (C=O) groups excluding carboxylic acids is 1. The number of rotatable bonds is 2. The van der Waals surface area contributed by atoms with Gasteiger partial charge in [0.1, 0.15) is 5.82 Å². The minimum atomic E-state index is -0.425. The van der Waals surface area contributed by atoms with E-state index in [4.69, 9.17) is 5.73 Å². The predicted octanol–water partition coefficient (Wildman–Crippen LogP) is 2.38. The standard InChI is InChI=1S/C13H17FN2OS/c1-2-10-8-16(5-6-18-10)13(17)11-7-9(14)3-4-12(11)15/h3-4,7,10H,2,5-6,8,15H2,1H3. The number of carbonyl (C=O) groups is 1. The highest BCUT2D eigenvalue weighted by molar-refractivity contribution is 8.00. The molecule has 1 aromatic carbocycles. The molecule has 0 saturated carbocycles. The highest BCUT2D eigenvalue weighted by Crippen LogP contribution is 2.24. The first-order chi connectivity index (χ1) is 8.61. The first-order valence-corrected chi connectivity index (χ1v) is 7.12. The molecule has 2 rings (SSSR count). The van der Waals surface area contributed by atoms with Gasteiger partial charge >= 0.3 is 0 Å². The van der Waals surface area contributed by atoms with Crippen molar-refractivity contribution in [3.8, 4) is 0 Å². The van der Waals surface area contributed by atoms with E-state index < -0.39 is 5.82 Å². The molecule has 18 heavy (non-hydrogen) atoms. The second-order valence-electron chi connectivity index (χ2n) is 4.38. The number of anilines is 1. The Morgan fingerprint density at radius 2 is 2.39 bits per heavy atom. The highest BCUT2D eigenvalue weighted by atomic mass is 32.2. The SMILES string of the molecule is CCC1CN(C(=O)c2cc(F)ccc2N)CCS1. The van der Waals surface area contributed by atoms with Crippen LogP contribution in [0.3, 0.4) is 0 Å². The lowest BCUT2D eigenvalue weighted by Crippen LogP contribution is -2.42. The Kier molecular flexibility index (Phi) is 4.11. The number of thioether (sulfide) groups is 1. The quantitative estimate of drug-likeness (QED) is 0.838. The zero-order chi connectivity index (χ0) is 13.1. The van der Waals surface area contributed by atoms with Crippen LogP contribution in [-0.2, 0) is 0 Å². The zero-order valence-corrected chi connectivity index (χ0v) is 11.2. The first kappa shape index (κ1) is 13.2. The van der Waals surface area contributed by atoms with Crippen molar-refractivity contribution in [3.05, 3.63) is 29.6 Å². The van der Waals surface area contributed by atoms with Gasteiger partial charge in [-0.1, -0.05) is 6.92 Å². The van der Waals surface area contributed by atoms with E-state index in [-0.39, 0.29) is 11.5 Å². The van der Waals surface area contributed by atoms with E-state index in [1.165, 1.54) is 18.2 Å². The van der Waals surface area contributed by atoms with Gasteiger partial charge in [0.25, 0.3) is 5.91 Å². The van der Waals surface area contributed by atoms with Gasteiger partial charge in [0.2, 0.25) is 0 Å². The summed E-state index contributed by atoms with van der Waals surface area (Å²) >= 11 is 1.89. The summed E-state index contributed by atoms with van der Waals surface area (Å²) in [5, 5.41) is 0.470. The highest BCUT2D eigenvalue weighted by Gasteiger charge is 2.25. The maximum absolute atomic E-state index is 13.2. The molecule has 1 unspecified atom stereocenters. The molecule has 1 amide bonds. The molecule has 0 radical (unpaired) electrons. The fourth-order valence-electron chi connectivity index (χ4n) is 2.03. The maximum Gasteiger partial charge on any atom is 0.256 e. The largest absolute Gasteiger partial charge is 0.398 e. The van der Waals surface area contributed by atoms with E-state index in [9.17, 15) is 9.18 Å². The summed E-state index contributed by atoms with van der Waals surface area (Å²) in [5.41, 5.74) is 6.36. The van der Waals surface area contributed by atoms with Crippen molar-refractivity contribution in [3.63, 3.8) is 0 Å². The van der Waals surface area contributed by atoms with Crippen molar-refractivity contribution in [2.75, 3.05) is 24.6 Å². The van der Waals surface area contributed by atoms with Crippen molar-refractivity contribution in [1.29, 1.82) is 0 Å². The van der Waals surface area contributed by atoms with Gasteiger partial charge in [-0.25, -0.2) is 4.39 Å². The van der Waals surface area contributed by atoms with E-state index in [2.05, 4.69) is 6.92 Å². The molecule has 5 heteroatoms. The molecule has 0 bridgehead atoms. The molecule has 0 spiro atoms. The molecule has 0 aromatic heterocycles. The lowest BCUT2D eigenvalue weighted by atomic mass is 10.1. The molecule has 3 nitrogen and oxygen atoms in total. The molecule has 1 atom stereocenters. The summed E-state index contributed by atoms with van der Waals surface area (Å²) in [4.78, 5) is 14.1. The Labute approximate surface area is 111 Å². The van der Waals surface area contributed by atoms with Gasteiger partial charge in [-0.3, -0.25) is 4.79 Å². The van der Waals surface area contributed by atoms with Gasteiger partial charge in [0.05, 0.1) is 5.56 Å². The van der Waals surface area contributed by atoms with Crippen molar-refractivity contribution < 1.29 is 9.18 Å². The molecule has 2 N–H and O–H groups in total. The number of hydrogen-bond donors (Lipinski definition) is 1. The summed E-state index contributed by atoms with van der Waals surface area (Å²) < 4.78 is 13.2. The van der Waals surface area contributed by atoms with Gasteiger partial charge in [-0.15, -0.1) is 0 Å². The average Bonchev–Trinajstić information content (AvgIpc) is 2.41. The second kappa shape index (κ2) is 5.61. The summed E-state index contributed by atoms with van der Waals surface area (Å²) in [7, 11) is 0. The van der Waals surface area contributed by atoms with Gasteiger partial charge in [-0.2, -0.15) is 11.8 Å². The number of nitrogens with two attached hydrogens (primary N) is 1. The van der Waals surface area contributed by atoms with Crippen LogP contribution in [0.4, 0.5) is 10.1 Å². The van der Waals surface area contributed by atoms with Crippen LogP contribution < -0.4 is 5.73 Å². The van der Waals surface area contributed by atoms with Gasteiger partial charge in [-0.05, 0) is 24.6 Å². The van der Waals surface area contributed by atoms with Crippen molar-refractivity contribution in [2.24, 2.45) is 0 Å². The molecule has 1 aromatic rings. The number of benzene rings is 1. The van der Waals surface area contributed by atoms with E-state index in [1.54, 1.807) is 4.90 Å². The maximum atomic E-state index is 13.2. The third-order valence-electron chi connectivity index (χ3n) is 3.13. The molecule has 1 fully saturated rings. The van der Waals surface area contributed by atoms with Crippen LogP contribution in [0.15, 0.2) is 18.2 Å². The first-order valence-electron chi connectivity index (χ1n) is 6.07. The molecule has 1 saturated heterocycles. The fourth-order valence-corrected chi connectivity index (χ4v) is 3.22. The van der Waals surface area contributed by atoms with E-state index in [1.807, 2.05) is 11.8 Å². The van der Waals surface area contributed by atoms with Crippen LogP contribution in [0.25, 0.3) is 0 Å². The zero-order valence-electron chi connectivity index (χ0n) is 10.4. The lowest BCUT2D eigenvalue weighted by molar-refractivity contribution is 0.0761. The van der Waals surface area contributed by atoms with Gasteiger partial charge < -0.3 is 10.6 Å². The summed E-state index contributed by atoms with van der Waals surface area (Å²) in [6.45, 7) is 3.54. The Morgan fingerprint density at radius 3 is 3.11 bits per heavy atom. The average molecular weight is 268 g/mol. The van der Waals surface area contributed by atoms with Crippen LogP contribution in [-0.4, -0.2) is 34.9 Å². The molecular formula is C13H17FN2OS. The number of amides is 1. The summed E-state index contributed by atoms with van der Waals surface area (Å²) in [5.74, 6) is 0.344. The minimum Gasteiger partial charge on any atom is -0.398 e. The molecular weight excluding hydrogens is 251 g/mol. The van der Waals surface area contributed by atoms with Gasteiger partial charge in [0.15, 0.2) is 0 Å². The summed E-state index contributed by atoms with van der Waals surface area (Å²) in [6, 6.07) is 3.94. The molecule has 1 aliphatic rings. The third kappa shape index (κ3) is 2.77. The van der Waals surface area contributed by atoms with Crippen LogP contribution in [0.5, 0.6) is 0 Å². The summed E-state index contributed by atoms with van der Waals surface area (Å²) in [6.07, 6.45) is 1.03. The normalized spacial score (nSPS) is 19.9. The van der Waals surface area contributed by atoms with Crippen molar-refractivity contribution >= 4 is 23.4 Å². The smallest absolute Gasteiger partial charge is 0.256 e. The van der Waals surface area contributed by atoms with Crippen LogP contribution in [0.2, 0.25) is 0 Å². The Bertz CT molecular complexity index is 453. The van der Waals surface area contributed by atoms with Gasteiger partial charge in [0, 0.05) is 29.8 Å². The number of halogens is 1. The Balaban J connectivity index is 2.17. The predicted molar refractivity (Wildman–Crippen MR) is 73.3 cm³/mol. The lowest BCUT2D eigenvalue weighted by Gasteiger charge is -2.32. The second-order valence-corrected chi connectivity index (χ2v) is 5.79. The molecule has 0 aliphatic carbocycles. The third-order valence-corrected chi connectivity index (χ3v) is 4.50. The Hall–Kier alpha value is -1.23. The van der Waals surface area contributed by atoms with E-state index in [0.29, 0.717) is 17.5 Å². The number of nitrogen functional groups attached to an aromatic ring is 1.